The predicted octanol–water partition coefficient (Wildman–Crippen LogP) is 2.06. The van der Waals surface area contributed by atoms with Gasteiger partial charge in [-0.15, -0.1) is 0 Å². The molecule has 0 saturated heterocycles. The van der Waals surface area contributed by atoms with Crippen LogP contribution in [0.1, 0.15) is 29.3 Å². The Hall–Kier alpha value is -3.03. The SMILES string of the molecule is Cc1n[nH]c(C)c1CCC(=O)N(C)Cc1nc(-c2ccccn2)no1. The smallest absolute Gasteiger partial charge is 0.246 e. The number of carbonyl (C=O) groups excluding carboxylic acids is 1. The minimum absolute atomic E-state index is 0.0117. The normalized spacial score (nSPS) is 10.8. The fourth-order valence-corrected chi connectivity index (χ4v) is 2.57. The third kappa shape index (κ3) is 3.90. The molecule has 8 nitrogen and oxygen atoms in total. The number of aromatic amines is 1. The maximum absolute atomic E-state index is 12.3. The standard InChI is InChI=1S/C17H20N6O2/c1-11-13(12(2)21-20-11)7-8-16(24)23(3)10-15-19-17(22-25-15)14-6-4-5-9-18-14/h4-6,9H,7-8,10H2,1-3H3,(H,20,21). The molecule has 8 heteroatoms. The molecule has 0 aliphatic carbocycles. The lowest BCUT2D eigenvalue weighted by atomic mass is 10.1. The van der Waals surface area contributed by atoms with Crippen molar-refractivity contribution in [3.05, 3.63) is 47.2 Å². The molecule has 0 aromatic carbocycles. The number of pyridine rings is 1. The molecule has 0 unspecified atom stereocenters. The molecular formula is C17H20N6O2. The minimum Gasteiger partial charge on any atom is -0.337 e. The molecule has 0 spiro atoms. The monoisotopic (exact) mass is 340 g/mol. The van der Waals surface area contributed by atoms with Crippen LogP contribution in [-0.4, -0.2) is 43.2 Å². The van der Waals surface area contributed by atoms with Crippen LogP contribution in [0, 0.1) is 13.8 Å². The lowest BCUT2D eigenvalue weighted by molar-refractivity contribution is -0.130. The molecule has 0 aliphatic heterocycles. The van der Waals surface area contributed by atoms with Crippen LogP contribution in [0.3, 0.4) is 0 Å². The summed E-state index contributed by atoms with van der Waals surface area (Å²) in [6.07, 6.45) is 2.72. The molecule has 0 fully saturated rings. The molecule has 0 radical (unpaired) electrons. The highest BCUT2D eigenvalue weighted by atomic mass is 16.5. The Morgan fingerprint density at radius 2 is 2.16 bits per heavy atom. The van der Waals surface area contributed by atoms with E-state index in [0.29, 0.717) is 30.3 Å². The summed E-state index contributed by atoms with van der Waals surface area (Å²) < 4.78 is 5.22. The molecule has 130 valence electrons. The van der Waals surface area contributed by atoms with Crippen molar-refractivity contribution in [1.82, 2.24) is 30.2 Å². The topological polar surface area (TPSA) is 101 Å². The number of rotatable bonds is 6. The molecule has 1 amide bonds. The zero-order valence-corrected chi connectivity index (χ0v) is 14.5. The summed E-state index contributed by atoms with van der Waals surface area (Å²) in [4.78, 5) is 22.4. The van der Waals surface area contributed by atoms with Crippen LogP contribution in [0.25, 0.3) is 11.5 Å². The summed E-state index contributed by atoms with van der Waals surface area (Å²) in [6.45, 7) is 4.16. The third-order valence-electron chi connectivity index (χ3n) is 4.03. The second kappa shape index (κ2) is 7.25. The number of hydrogen-bond acceptors (Lipinski definition) is 6. The summed E-state index contributed by atoms with van der Waals surface area (Å²) in [5.74, 6) is 0.811. The average molecular weight is 340 g/mol. The van der Waals surface area contributed by atoms with Crippen LogP contribution in [0.5, 0.6) is 0 Å². The largest absolute Gasteiger partial charge is 0.337 e. The zero-order chi connectivity index (χ0) is 17.8. The lowest BCUT2D eigenvalue weighted by Crippen LogP contribution is -2.26. The van der Waals surface area contributed by atoms with E-state index < -0.39 is 0 Å². The third-order valence-corrected chi connectivity index (χ3v) is 4.03. The zero-order valence-electron chi connectivity index (χ0n) is 14.5. The highest BCUT2D eigenvalue weighted by molar-refractivity contribution is 5.76. The number of aryl methyl sites for hydroxylation is 2. The van der Waals surface area contributed by atoms with Crippen molar-refractivity contribution in [3.63, 3.8) is 0 Å². The van der Waals surface area contributed by atoms with Crippen LogP contribution >= 0.6 is 0 Å². The van der Waals surface area contributed by atoms with Crippen molar-refractivity contribution >= 4 is 5.91 Å². The van der Waals surface area contributed by atoms with Crippen molar-refractivity contribution in [2.45, 2.75) is 33.2 Å². The second-order valence-corrected chi connectivity index (χ2v) is 5.89. The van der Waals surface area contributed by atoms with Crippen molar-refractivity contribution in [2.75, 3.05) is 7.05 Å². The Morgan fingerprint density at radius 3 is 2.84 bits per heavy atom. The molecule has 0 bridgehead atoms. The van der Waals surface area contributed by atoms with Gasteiger partial charge in [0.15, 0.2) is 0 Å². The summed E-state index contributed by atoms with van der Waals surface area (Å²) in [7, 11) is 1.72. The molecular weight excluding hydrogens is 320 g/mol. The fraction of sp³-hybridized carbons (Fsp3) is 0.353. The van der Waals surface area contributed by atoms with Gasteiger partial charge in [-0.2, -0.15) is 10.1 Å². The van der Waals surface area contributed by atoms with Gasteiger partial charge < -0.3 is 9.42 Å². The fourth-order valence-electron chi connectivity index (χ4n) is 2.57. The second-order valence-electron chi connectivity index (χ2n) is 5.89. The van der Waals surface area contributed by atoms with Crippen LogP contribution in [0.4, 0.5) is 0 Å². The van der Waals surface area contributed by atoms with Crippen LogP contribution in [-0.2, 0) is 17.8 Å². The first-order valence-corrected chi connectivity index (χ1v) is 8.03. The van der Waals surface area contributed by atoms with E-state index in [1.54, 1.807) is 24.2 Å². The van der Waals surface area contributed by atoms with Crippen LogP contribution < -0.4 is 0 Å². The van der Waals surface area contributed by atoms with Crippen molar-refractivity contribution < 1.29 is 9.32 Å². The molecule has 1 N–H and O–H groups in total. The maximum Gasteiger partial charge on any atom is 0.246 e. The Kier molecular flexibility index (Phi) is 4.87. The Morgan fingerprint density at radius 1 is 1.32 bits per heavy atom. The predicted molar refractivity (Wildman–Crippen MR) is 90.4 cm³/mol. The van der Waals surface area contributed by atoms with Gasteiger partial charge in [0.05, 0.1) is 12.2 Å². The van der Waals surface area contributed by atoms with E-state index in [4.69, 9.17) is 4.52 Å². The van der Waals surface area contributed by atoms with E-state index in [2.05, 4.69) is 25.3 Å². The van der Waals surface area contributed by atoms with Gasteiger partial charge in [0.2, 0.25) is 17.6 Å². The van der Waals surface area contributed by atoms with Gasteiger partial charge >= 0.3 is 0 Å². The van der Waals surface area contributed by atoms with E-state index in [1.165, 1.54) is 0 Å². The van der Waals surface area contributed by atoms with Crippen molar-refractivity contribution in [3.8, 4) is 11.5 Å². The molecule has 0 aliphatic rings. The number of nitrogens with one attached hydrogen (secondary N) is 1. The van der Waals surface area contributed by atoms with Gasteiger partial charge in [0, 0.05) is 25.4 Å². The van der Waals surface area contributed by atoms with E-state index in [0.717, 1.165) is 17.0 Å². The Balaban J connectivity index is 1.58. The first kappa shape index (κ1) is 16.8. The van der Waals surface area contributed by atoms with Crippen LogP contribution in [0.15, 0.2) is 28.9 Å². The highest BCUT2D eigenvalue weighted by Gasteiger charge is 2.16. The molecule has 3 heterocycles. The number of nitrogens with zero attached hydrogens (tertiary/aromatic N) is 5. The van der Waals surface area contributed by atoms with Gasteiger partial charge in [-0.25, -0.2) is 0 Å². The molecule has 0 atom stereocenters. The van der Waals surface area contributed by atoms with E-state index in [9.17, 15) is 4.79 Å². The number of carbonyl (C=O) groups is 1. The Bertz CT molecular complexity index is 836. The van der Waals surface area contributed by atoms with E-state index in [1.807, 2.05) is 26.0 Å². The van der Waals surface area contributed by atoms with Crippen molar-refractivity contribution in [2.24, 2.45) is 0 Å². The first-order valence-electron chi connectivity index (χ1n) is 8.03. The minimum atomic E-state index is 0.0117. The summed E-state index contributed by atoms with van der Waals surface area (Å²) >= 11 is 0. The molecule has 0 saturated carbocycles. The van der Waals surface area contributed by atoms with E-state index >= 15 is 0 Å². The average Bonchev–Trinajstić information content (AvgIpc) is 3.21. The lowest BCUT2D eigenvalue weighted by Gasteiger charge is -2.14. The van der Waals surface area contributed by atoms with Gasteiger partial charge in [0.25, 0.3) is 0 Å². The van der Waals surface area contributed by atoms with Crippen LogP contribution in [0.2, 0.25) is 0 Å². The van der Waals surface area contributed by atoms with Crippen molar-refractivity contribution in [1.29, 1.82) is 0 Å². The van der Waals surface area contributed by atoms with Gasteiger partial charge in [-0.3, -0.25) is 14.9 Å². The number of H-pyrrole nitrogens is 1. The van der Waals surface area contributed by atoms with Gasteiger partial charge in [0.1, 0.15) is 5.69 Å². The summed E-state index contributed by atoms with van der Waals surface area (Å²) in [5.41, 5.74) is 3.67. The molecule has 3 rings (SSSR count). The quantitative estimate of drug-likeness (QED) is 0.737. The highest BCUT2D eigenvalue weighted by Crippen LogP contribution is 2.15. The maximum atomic E-state index is 12.3. The molecule has 3 aromatic rings. The number of hydrogen-bond donors (Lipinski definition) is 1. The summed E-state index contributed by atoms with van der Waals surface area (Å²) in [6, 6.07) is 5.48. The number of amides is 1. The molecule has 3 aromatic heterocycles. The Labute approximate surface area is 145 Å². The molecule has 25 heavy (non-hydrogen) atoms. The van der Waals surface area contributed by atoms with Gasteiger partial charge in [-0.05, 0) is 38.0 Å². The first-order chi connectivity index (χ1) is 12.0. The van der Waals surface area contributed by atoms with Gasteiger partial charge in [-0.1, -0.05) is 11.2 Å². The van der Waals surface area contributed by atoms with E-state index in [-0.39, 0.29) is 12.5 Å². The summed E-state index contributed by atoms with van der Waals surface area (Å²) in [5, 5.41) is 11.0. The number of aromatic nitrogens is 5.